The van der Waals surface area contributed by atoms with Crippen LogP contribution in [0.3, 0.4) is 0 Å². The summed E-state index contributed by atoms with van der Waals surface area (Å²) in [5.41, 5.74) is 1.00. The van der Waals surface area contributed by atoms with Gasteiger partial charge in [0.15, 0.2) is 0 Å². The van der Waals surface area contributed by atoms with E-state index in [4.69, 9.17) is 4.55 Å². The quantitative estimate of drug-likeness (QED) is 0.779. The van der Waals surface area contributed by atoms with E-state index in [0.717, 1.165) is 5.56 Å². The van der Waals surface area contributed by atoms with Gasteiger partial charge in [-0.05, 0) is 31.0 Å². The van der Waals surface area contributed by atoms with Crippen LogP contribution in [0.2, 0.25) is 0 Å². The van der Waals surface area contributed by atoms with Crippen molar-refractivity contribution in [2.24, 2.45) is 0 Å². The molecule has 1 aromatic rings. The van der Waals surface area contributed by atoms with Gasteiger partial charge < -0.3 is 8.98 Å². The van der Waals surface area contributed by atoms with Crippen molar-refractivity contribution in [3.8, 4) is 5.75 Å². The van der Waals surface area contributed by atoms with Crippen molar-refractivity contribution in [1.82, 2.24) is 0 Å². The van der Waals surface area contributed by atoms with Gasteiger partial charge in [-0.25, -0.2) is 0 Å². The standard InChI is InChI=1S/C10H12O4S/c1-8(11)2-3-9-4-6-10(7-5-9)14-15(12)13/h4-7H,2-3H2,1H3,(H,12,13). The van der Waals surface area contributed by atoms with Crippen molar-refractivity contribution in [1.29, 1.82) is 0 Å². The second-order valence-electron chi connectivity index (χ2n) is 3.15. The topological polar surface area (TPSA) is 63.6 Å². The van der Waals surface area contributed by atoms with Crippen LogP contribution in [0.4, 0.5) is 0 Å². The van der Waals surface area contributed by atoms with E-state index in [1.54, 1.807) is 31.2 Å². The molecule has 0 saturated heterocycles. The molecule has 0 spiro atoms. The fourth-order valence-corrected chi connectivity index (χ4v) is 1.39. The van der Waals surface area contributed by atoms with E-state index in [9.17, 15) is 9.00 Å². The Morgan fingerprint density at radius 1 is 1.40 bits per heavy atom. The Labute approximate surface area is 90.8 Å². The first-order valence-corrected chi connectivity index (χ1v) is 5.48. The van der Waals surface area contributed by atoms with Crippen LogP contribution >= 0.6 is 0 Å². The highest BCUT2D eigenvalue weighted by molar-refractivity contribution is 7.74. The van der Waals surface area contributed by atoms with E-state index in [-0.39, 0.29) is 5.78 Å². The lowest BCUT2D eigenvalue weighted by Gasteiger charge is -2.02. The van der Waals surface area contributed by atoms with Crippen LogP contribution < -0.4 is 4.18 Å². The number of aryl methyl sites for hydroxylation is 1. The highest BCUT2D eigenvalue weighted by atomic mass is 32.2. The summed E-state index contributed by atoms with van der Waals surface area (Å²) in [6, 6.07) is 6.74. The van der Waals surface area contributed by atoms with Gasteiger partial charge in [-0.15, -0.1) is 0 Å². The van der Waals surface area contributed by atoms with Crippen LogP contribution in [0.5, 0.6) is 5.75 Å². The van der Waals surface area contributed by atoms with Crippen LogP contribution in [-0.2, 0) is 22.6 Å². The second-order valence-corrected chi connectivity index (χ2v) is 3.75. The summed E-state index contributed by atoms with van der Waals surface area (Å²) in [5, 5.41) is 0. The Morgan fingerprint density at radius 2 is 2.00 bits per heavy atom. The van der Waals surface area contributed by atoms with E-state index < -0.39 is 11.4 Å². The lowest BCUT2D eigenvalue weighted by atomic mass is 10.1. The number of hydrogen-bond acceptors (Lipinski definition) is 3. The minimum atomic E-state index is -2.29. The molecule has 0 aliphatic carbocycles. The van der Waals surface area contributed by atoms with Gasteiger partial charge >= 0.3 is 11.4 Å². The Morgan fingerprint density at radius 3 is 2.47 bits per heavy atom. The smallest absolute Gasteiger partial charge is 0.357 e. The van der Waals surface area contributed by atoms with Gasteiger partial charge in [0.05, 0.1) is 0 Å². The van der Waals surface area contributed by atoms with E-state index in [1.807, 2.05) is 0 Å². The zero-order valence-electron chi connectivity index (χ0n) is 8.30. The van der Waals surface area contributed by atoms with Crippen LogP contribution in [0.1, 0.15) is 18.9 Å². The van der Waals surface area contributed by atoms with E-state index in [1.165, 1.54) is 0 Å². The molecule has 1 atom stereocenters. The van der Waals surface area contributed by atoms with Crippen molar-refractivity contribution in [2.75, 3.05) is 0 Å². The SMILES string of the molecule is CC(=O)CCc1ccc(OS(=O)O)cc1. The molecule has 0 fully saturated rings. The Kier molecular flexibility index (Phi) is 4.45. The Balaban J connectivity index is 2.56. The molecule has 1 aromatic carbocycles. The average Bonchev–Trinajstić information content (AvgIpc) is 2.16. The summed E-state index contributed by atoms with van der Waals surface area (Å²) in [4.78, 5) is 10.7. The summed E-state index contributed by atoms with van der Waals surface area (Å²) in [6.45, 7) is 1.55. The van der Waals surface area contributed by atoms with E-state index in [2.05, 4.69) is 4.18 Å². The maximum absolute atomic E-state index is 10.7. The van der Waals surface area contributed by atoms with Gasteiger partial charge in [0, 0.05) is 6.42 Å². The maximum atomic E-state index is 10.7. The van der Waals surface area contributed by atoms with Crippen LogP contribution in [-0.4, -0.2) is 14.5 Å². The molecule has 0 saturated carbocycles. The number of carbonyl (C=O) groups is 1. The second kappa shape index (κ2) is 5.63. The number of benzene rings is 1. The van der Waals surface area contributed by atoms with Crippen molar-refractivity contribution in [3.63, 3.8) is 0 Å². The van der Waals surface area contributed by atoms with Gasteiger partial charge in [0.25, 0.3) is 0 Å². The molecule has 15 heavy (non-hydrogen) atoms. The summed E-state index contributed by atoms with van der Waals surface area (Å²) < 4.78 is 23.3. The average molecular weight is 228 g/mol. The molecule has 1 N–H and O–H groups in total. The van der Waals surface area contributed by atoms with Crippen LogP contribution in [0, 0.1) is 0 Å². The molecular weight excluding hydrogens is 216 g/mol. The van der Waals surface area contributed by atoms with Crippen molar-refractivity contribution in [2.45, 2.75) is 19.8 Å². The highest BCUT2D eigenvalue weighted by Gasteiger charge is 2.00. The lowest BCUT2D eigenvalue weighted by molar-refractivity contribution is -0.116. The molecule has 0 aliphatic rings. The first-order chi connectivity index (χ1) is 7.08. The van der Waals surface area contributed by atoms with Gasteiger partial charge in [-0.1, -0.05) is 12.1 Å². The minimum absolute atomic E-state index is 0.145. The number of hydrogen-bond donors (Lipinski definition) is 1. The Bertz CT molecular complexity index is 358. The molecule has 4 nitrogen and oxygen atoms in total. The van der Waals surface area contributed by atoms with E-state index in [0.29, 0.717) is 18.6 Å². The molecule has 0 heterocycles. The third-order valence-electron chi connectivity index (χ3n) is 1.86. The number of Topliss-reactive ketones (excluding diaryl/α,β-unsaturated/α-hetero) is 1. The third-order valence-corrected chi connectivity index (χ3v) is 2.19. The Hall–Kier alpha value is -1.20. The molecule has 0 radical (unpaired) electrons. The fourth-order valence-electron chi connectivity index (χ4n) is 1.11. The summed E-state index contributed by atoms with van der Waals surface area (Å²) in [5.74, 6) is 0.481. The zero-order chi connectivity index (χ0) is 11.3. The molecule has 0 amide bonds. The van der Waals surface area contributed by atoms with Gasteiger partial charge in [-0.3, -0.25) is 4.55 Å². The van der Waals surface area contributed by atoms with Crippen molar-refractivity contribution in [3.05, 3.63) is 29.8 Å². The molecular formula is C10H12O4S. The van der Waals surface area contributed by atoms with E-state index >= 15 is 0 Å². The van der Waals surface area contributed by atoms with Gasteiger partial charge in [-0.2, -0.15) is 4.21 Å². The predicted octanol–water partition coefficient (Wildman–Crippen LogP) is 1.72. The predicted molar refractivity (Wildman–Crippen MR) is 56.8 cm³/mol. The molecule has 0 aliphatic heterocycles. The summed E-state index contributed by atoms with van der Waals surface area (Å²) >= 11 is -2.29. The normalized spacial score (nSPS) is 12.1. The molecule has 1 unspecified atom stereocenters. The van der Waals surface area contributed by atoms with Gasteiger partial charge in [0.1, 0.15) is 11.5 Å². The maximum Gasteiger partial charge on any atom is 0.357 e. The van der Waals surface area contributed by atoms with Crippen molar-refractivity contribution < 1.29 is 17.7 Å². The zero-order valence-corrected chi connectivity index (χ0v) is 9.12. The summed E-state index contributed by atoms with van der Waals surface area (Å²) in [7, 11) is 0. The molecule has 0 bridgehead atoms. The van der Waals surface area contributed by atoms with Gasteiger partial charge in [0.2, 0.25) is 0 Å². The van der Waals surface area contributed by atoms with Crippen LogP contribution in [0.25, 0.3) is 0 Å². The largest absolute Gasteiger partial charge is 0.380 e. The monoisotopic (exact) mass is 228 g/mol. The lowest BCUT2D eigenvalue weighted by Crippen LogP contribution is -1.98. The molecule has 0 aromatic heterocycles. The number of ketones is 1. The summed E-state index contributed by atoms with van der Waals surface area (Å²) in [6.07, 6.45) is 1.18. The molecule has 5 heteroatoms. The first-order valence-electron chi connectivity index (χ1n) is 4.45. The fraction of sp³-hybridized carbons (Fsp3) is 0.300. The van der Waals surface area contributed by atoms with Crippen LogP contribution in [0.15, 0.2) is 24.3 Å². The number of carbonyl (C=O) groups excluding carboxylic acids is 1. The minimum Gasteiger partial charge on any atom is -0.380 e. The molecule has 1 rings (SSSR count). The highest BCUT2D eigenvalue weighted by Crippen LogP contribution is 2.14. The number of rotatable bonds is 5. The van der Waals surface area contributed by atoms with Crippen molar-refractivity contribution >= 4 is 17.1 Å². The molecule has 82 valence electrons. The third kappa shape index (κ3) is 4.71. The first kappa shape index (κ1) is 11.9.